The lowest BCUT2D eigenvalue weighted by Gasteiger charge is -2.37. The molecule has 31 heavy (non-hydrogen) atoms. The topological polar surface area (TPSA) is 108 Å². The molecule has 162 valence electrons. The van der Waals surface area contributed by atoms with Crippen molar-refractivity contribution in [3.05, 3.63) is 54.1 Å². The number of nitrogens with zero attached hydrogens (tertiary/aromatic N) is 2. The lowest BCUT2D eigenvalue weighted by atomic mass is 10.1. The standard InChI is InChI=1S/C22H24N4O5/c1-14(25-9-11-26(12-10-25)21(28)17-8-5-13-31-17)20(27)24-18-15-6-3-4-7-16(15)23-19(18)22(29)30-2/h3-8,13-14,23H,9-12H2,1-2H3,(H,24,27)/t14-/m0/s1. The average Bonchev–Trinajstić information content (AvgIpc) is 3.46. The van der Waals surface area contributed by atoms with Gasteiger partial charge in [0.15, 0.2) is 5.76 Å². The number of H-pyrrole nitrogens is 1. The Labute approximate surface area is 178 Å². The second-order valence-electron chi connectivity index (χ2n) is 7.38. The molecule has 0 unspecified atom stereocenters. The van der Waals surface area contributed by atoms with Crippen molar-refractivity contribution in [3.63, 3.8) is 0 Å². The van der Waals surface area contributed by atoms with Gasteiger partial charge in [0, 0.05) is 37.1 Å². The van der Waals surface area contributed by atoms with E-state index in [0.29, 0.717) is 37.6 Å². The first-order valence-electron chi connectivity index (χ1n) is 10.1. The van der Waals surface area contributed by atoms with Crippen molar-refractivity contribution in [2.24, 2.45) is 0 Å². The van der Waals surface area contributed by atoms with Crippen LogP contribution in [0.4, 0.5) is 5.69 Å². The Morgan fingerprint density at radius 2 is 1.84 bits per heavy atom. The Bertz CT molecular complexity index is 1100. The number of furan rings is 1. The van der Waals surface area contributed by atoms with E-state index in [-0.39, 0.29) is 17.5 Å². The van der Waals surface area contributed by atoms with E-state index < -0.39 is 12.0 Å². The van der Waals surface area contributed by atoms with Crippen molar-refractivity contribution in [1.82, 2.24) is 14.8 Å². The van der Waals surface area contributed by atoms with Gasteiger partial charge in [-0.25, -0.2) is 4.79 Å². The van der Waals surface area contributed by atoms with Crippen LogP contribution in [0.1, 0.15) is 28.0 Å². The molecule has 9 nitrogen and oxygen atoms in total. The van der Waals surface area contributed by atoms with Gasteiger partial charge in [-0.2, -0.15) is 0 Å². The SMILES string of the molecule is COC(=O)c1[nH]c2ccccc2c1NC(=O)[C@H](C)N1CCN(C(=O)c2ccco2)CC1. The van der Waals surface area contributed by atoms with Crippen LogP contribution in [-0.4, -0.2) is 71.9 Å². The maximum Gasteiger partial charge on any atom is 0.356 e. The van der Waals surface area contributed by atoms with Gasteiger partial charge in [0.05, 0.1) is 25.1 Å². The minimum atomic E-state index is -0.552. The Morgan fingerprint density at radius 3 is 2.52 bits per heavy atom. The van der Waals surface area contributed by atoms with Crippen LogP contribution in [0.2, 0.25) is 0 Å². The fourth-order valence-electron chi connectivity index (χ4n) is 3.79. The highest BCUT2D eigenvalue weighted by Gasteiger charge is 2.30. The number of carbonyl (C=O) groups is 3. The minimum Gasteiger partial charge on any atom is -0.464 e. The molecule has 1 aliphatic heterocycles. The van der Waals surface area contributed by atoms with Crippen molar-refractivity contribution in [2.45, 2.75) is 13.0 Å². The van der Waals surface area contributed by atoms with Crippen molar-refractivity contribution in [2.75, 3.05) is 38.6 Å². The van der Waals surface area contributed by atoms with Gasteiger partial charge in [0.25, 0.3) is 5.91 Å². The summed E-state index contributed by atoms with van der Waals surface area (Å²) in [6.07, 6.45) is 1.48. The average molecular weight is 424 g/mol. The maximum absolute atomic E-state index is 13.0. The maximum atomic E-state index is 13.0. The number of anilines is 1. The summed E-state index contributed by atoms with van der Waals surface area (Å²) in [4.78, 5) is 44.4. The quantitative estimate of drug-likeness (QED) is 0.609. The molecule has 0 bridgehead atoms. The number of aromatic nitrogens is 1. The number of hydrogen-bond acceptors (Lipinski definition) is 6. The van der Waals surface area contributed by atoms with E-state index in [0.717, 1.165) is 10.9 Å². The molecule has 1 atom stereocenters. The van der Waals surface area contributed by atoms with Crippen LogP contribution < -0.4 is 5.32 Å². The molecule has 1 aromatic carbocycles. The molecule has 2 N–H and O–H groups in total. The number of methoxy groups -OCH3 is 1. The molecule has 1 saturated heterocycles. The number of para-hydroxylation sites is 1. The predicted octanol–water partition coefficient (Wildman–Crippen LogP) is 2.33. The number of amides is 2. The summed E-state index contributed by atoms with van der Waals surface area (Å²) < 4.78 is 10.0. The largest absolute Gasteiger partial charge is 0.464 e. The van der Waals surface area contributed by atoms with E-state index in [9.17, 15) is 14.4 Å². The van der Waals surface area contributed by atoms with Crippen molar-refractivity contribution in [3.8, 4) is 0 Å². The number of carbonyl (C=O) groups excluding carboxylic acids is 3. The third-order valence-corrected chi connectivity index (χ3v) is 5.60. The van der Waals surface area contributed by atoms with Gasteiger partial charge in [-0.1, -0.05) is 18.2 Å². The molecule has 9 heteroatoms. The van der Waals surface area contributed by atoms with Gasteiger partial charge in [0.1, 0.15) is 5.69 Å². The van der Waals surface area contributed by atoms with E-state index in [1.54, 1.807) is 17.0 Å². The molecule has 4 rings (SSSR count). The molecular formula is C22H24N4O5. The normalized spacial score (nSPS) is 15.6. The molecule has 1 aliphatic rings. The van der Waals surface area contributed by atoms with Gasteiger partial charge >= 0.3 is 5.97 Å². The second-order valence-corrected chi connectivity index (χ2v) is 7.38. The first-order chi connectivity index (χ1) is 15.0. The summed E-state index contributed by atoms with van der Waals surface area (Å²) in [5.41, 5.74) is 1.35. The van der Waals surface area contributed by atoms with Gasteiger partial charge in [-0.05, 0) is 25.1 Å². The number of esters is 1. The fraction of sp³-hybridized carbons (Fsp3) is 0.318. The molecule has 3 aromatic rings. The highest BCUT2D eigenvalue weighted by Crippen LogP contribution is 2.28. The van der Waals surface area contributed by atoms with Gasteiger partial charge in [0.2, 0.25) is 5.91 Å². The lowest BCUT2D eigenvalue weighted by Crippen LogP contribution is -2.54. The van der Waals surface area contributed by atoms with Crippen LogP contribution in [0.15, 0.2) is 47.1 Å². The van der Waals surface area contributed by atoms with Crippen LogP contribution in [0.3, 0.4) is 0 Å². The highest BCUT2D eigenvalue weighted by molar-refractivity contribution is 6.11. The van der Waals surface area contributed by atoms with E-state index in [2.05, 4.69) is 10.3 Å². The van der Waals surface area contributed by atoms with E-state index in [1.807, 2.05) is 36.1 Å². The van der Waals surface area contributed by atoms with Crippen molar-refractivity contribution in [1.29, 1.82) is 0 Å². The molecule has 0 spiro atoms. The summed E-state index contributed by atoms with van der Waals surface area (Å²) in [7, 11) is 1.30. The van der Waals surface area contributed by atoms with Crippen LogP contribution in [0.25, 0.3) is 10.9 Å². The number of nitrogens with one attached hydrogen (secondary N) is 2. The monoisotopic (exact) mass is 424 g/mol. The molecule has 0 aliphatic carbocycles. The zero-order chi connectivity index (χ0) is 22.0. The Balaban J connectivity index is 1.44. The first kappa shape index (κ1) is 20.7. The molecule has 0 radical (unpaired) electrons. The van der Waals surface area contributed by atoms with Crippen molar-refractivity contribution >= 4 is 34.4 Å². The molecule has 0 saturated carbocycles. The number of benzene rings is 1. The van der Waals surface area contributed by atoms with Crippen LogP contribution in [0, 0.1) is 0 Å². The molecule has 2 aromatic heterocycles. The summed E-state index contributed by atoms with van der Waals surface area (Å²) in [5, 5.41) is 3.63. The number of ether oxygens (including phenoxy) is 1. The van der Waals surface area contributed by atoms with Gasteiger partial charge < -0.3 is 24.4 Å². The van der Waals surface area contributed by atoms with Gasteiger partial charge in [-0.15, -0.1) is 0 Å². The number of piperazine rings is 1. The fourth-order valence-corrected chi connectivity index (χ4v) is 3.79. The molecule has 3 heterocycles. The highest BCUT2D eigenvalue weighted by atomic mass is 16.5. The Hall–Kier alpha value is -3.59. The minimum absolute atomic E-state index is 0.150. The summed E-state index contributed by atoms with van der Waals surface area (Å²) in [6.45, 7) is 3.92. The van der Waals surface area contributed by atoms with Crippen LogP contribution >= 0.6 is 0 Å². The number of aromatic amines is 1. The zero-order valence-corrected chi connectivity index (χ0v) is 17.4. The molecule has 2 amide bonds. The van der Waals surface area contributed by atoms with Crippen LogP contribution in [-0.2, 0) is 9.53 Å². The van der Waals surface area contributed by atoms with Gasteiger partial charge in [-0.3, -0.25) is 14.5 Å². The summed E-state index contributed by atoms with van der Waals surface area (Å²) in [5.74, 6) is -0.623. The third kappa shape index (κ3) is 4.04. The van der Waals surface area contributed by atoms with E-state index in [1.165, 1.54) is 13.4 Å². The number of hydrogen-bond donors (Lipinski definition) is 2. The number of rotatable bonds is 5. The number of fused-ring (bicyclic) bond motifs is 1. The summed E-state index contributed by atoms with van der Waals surface area (Å²) >= 11 is 0. The lowest BCUT2D eigenvalue weighted by molar-refractivity contribution is -0.121. The summed E-state index contributed by atoms with van der Waals surface area (Å²) in [6, 6.07) is 10.2. The van der Waals surface area contributed by atoms with Crippen molar-refractivity contribution < 1.29 is 23.5 Å². The smallest absolute Gasteiger partial charge is 0.356 e. The molecular weight excluding hydrogens is 400 g/mol. The first-order valence-corrected chi connectivity index (χ1v) is 10.1. The third-order valence-electron chi connectivity index (χ3n) is 5.60. The predicted molar refractivity (Wildman–Crippen MR) is 114 cm³/mol. The Kier molecular flexibility index (Phi) is 5.77. The second kappa shape index (κ2) is 8.65. The molecule has 1 fully saturated rings. The zero-order valence-electron chi connectivity index (χ0n) is 17.4. The van der Waals surface area contributed by atoms with Crippen LogP contribution in [0.5, 0.6) is 0 Å². The Morgan fingerprint density at radius 1 is 1.10 bits per heavy atom. The van der Waals surface area contributed by atoms with E-state index in [4.69, 9.17) is 9.15 Å². The van der Waals surface area contributed by atoms with E-state index >= 15 is 0 Å².